The maximum atomic E-state index is 5.53. The molecule has 0 radical (unpaired) electrons. The van der Waals surface area contributed by atoms with Crippen LogP contribution in [0.1, 0.15) is 6.42 Å². The third kappa shape index (κ3) is 5.16. The highest BCUT2D eigenvalue weighted by Gasteiger charge is 1.99. The minimum Gasteiger partial charge on any atom is -0.380 e. The molecule has 15 heavy (non-hydrogen) atoms. The standard InChI is InChI=1S/C11H20N2OS/c1-12-5-3-7-14-8-6-13(2)11-4-9-15-10-11/h4,9-10,12H,3,5-8H2,1-2H3. The van der Waals surface area contributed by atoms with E-state index in [0.29, 0.717) is 0 Å². The second-order valence-electron chi connectivity index (χ2n) is 3.47. The molecule has 1 aromatic rings. The lowest BCUT2D eigenvalue weighted by atomic mass is 10.4. The van der Waals surface area contributed by atoms with Crippen LogP contribution in [0, 0.1) is 0 Å². The van der Waals surface area contributed by atoms with E-state index < -0.39 is 0 Å². The Kier molecular flexibility index (Phi) is 6.39. The topological polar surface area (TPSA) is 24.5 Å². The van der Waals surface area contributed by atoms with E-state index in [9.17, 15) is 0 Å². The normalized spacial score (nSPS) is 10.5. The van der Waals surface area contributed by atoms with Crippen molar-refractivity contribution in [1.29, 1.82) is 0 Å². The fourth-order valence-corrected chi connectivity index (χ4v) is 1.95. The number of nitrogens with one attached hydrogen (secondary N) is 1. The van der Waals surface area contributed by atoms with E-state index in [1.54, 1.807) is 11.3 Å². The van der Waals surface area contributed by atoms with E-state index in [1.165, 1.54) is 5.69 Å². The van der Waals surface area contributed by atoms with Gasteiger partial charge in [0.2, 0.25) is 0 Å². The largest absolute Gasteiger partial charge is 0.380 e. The van der Waals surface area contributed by atoms with Crippen LogP contribution in [0.15, 0.2) is 16.8 Å². The molecule has 3 nitrogen and oxygen atoms in total. The van der Waals surface area contributed by atoms with Crippen LogP contribution in [0.5, 0.6) is 0 Å². The van der Waals surface area contributed by atoms with Gasteiger partial charge in [0.05, 0.1) is 6.61 Å². The second kappa shape index (κ2) is 7.68. The third-order valence-corrected chi connectivity index (χ3v) is 2.90. The van der Waals surface area contributed by atoms with Crippen LogP contribution in [0.25, 0.3) is 0 Å². The van der Waals surface area contributed by atoms with Crippen LogP contribution < -0.4 is 10.2 Å². The summed E-state index contributed by atoms with van der Waals surface area (Å²) in [5.41, 5.74) is 1.28. The summed E-state index contributed by atoms with van der Waals surface area (Å²) in [5, 5.41) is 7.35. The Balaban J connectivity index is 2.00. The molecule has 0 aliphatic rings. The fraction of sp³-hybridized carbons (Fsp3) is 0.636. The SMILES string of the molecule is CNCCCOCCN(C)c1ccsc1. The van der Waals surface area contributed by atoms with E-state index in [0.717, 1.165) is 32.7 Å². The molecule has 0 saturated carbocycles. The maximum Gasteiger partial charge on any atom is 0.0641 e. The van der Waals surface area contributed by atoms with Crippen molar-refractivity contribution in [2.45, 2.75) is 6.42 Å². The van der Waals surface area contributed by atoms with Crippen LogP contribution in [-0.2, 0) is 4.74 Å². The van der Waals surface area contributed by atoms with Crippen molar-refractivity contribution in [2.75, 3.05) is 45.3 Å². The first-order valence-corrected chi connectivity index (χ1v) is 6.24. The lowest BCUT2D eigenvalue weighted by Crippen LogP contribution is -2.22. The summed E-state index contributed by atoms with van der Waals surface area (Å²) < 4.78 is 5.53. The Morgan fingerprint density at radius 1 is 1.47 bits per heavy atom. The molecule has 0 amide bonds. The molecule has 0 spiro atoms. The van der Waals surface area contributed by atoms with Crippen LogP contribution in [0.2, 0.25) is 0 Å². The van der Waals surface area contributed by atoms with Gasteiger partial charge in [-0.15, -0.1) is 0 Å². The summed E-state index contributed by atoms with van der Waals surface area (Å²) in [6.45, 7) is 3.63. The average Bonchev–Trinajstić information content (AvgIpc) is 2.76. The minimum absolute atomic E-state index is 0.802. The number of nitrogens with zero attached hydrogens (tertiary/aromatic N) is 1. The first-order valence-electron chi connectivity index (χ1n) is 5.30. The zero-order valence-corrected chi connectivity index (χ0v) is 10.3. The number of ether oxygens (including phenoxy) is 1. The van der Waals surface area contributed by atoms with Crippen molar-refractivity contribution in [3.05, 3.63) is 16.8 Å². The lowest BCUT2D eigenvalue weighted by Gasteiger charge is -2.17. The Morgan fingerprint density at radius 3 is 3.00 bits per heavy atom. The minimum atomic E-state index is 0.802. The molecule has 1 aromatic heterocycles. The van der Waals surface area contributed by atoms with Crippen molar-refractivity contribution in [2.24, 2.45) is 0 Å². The van der Waals surface area contributed by atoms with E-state index in [2.05, 4.69) is 34.1 Å². The molecule has 0 fully saturated rings. The van der Waals surface area contributed by atoms with Gasteiger partial charge in [-0.3, -0.25) is 0 Å². The number of thiophene rings is 1. The molecule has 4 heteroatoms. The van der Waals surface area contributed by atoms with Gasteiger partial charge in [-0.2, -0.15) is 11.3 Å². The number of hydrogen-bond acceptors (Lipinski definition) is 4. The Hall–Kier alpha value is -0.580. The van der Waals surface area contributed by atoms with Gasteiger partial charge in [-0.05, 0) is 31.5 Å². The van der Waals surface area contributed by atoms with Crippen molar-refractivity contribution in [1.82, 2.24) is 5.32 Å². The molecule has 86 valence electrons. The molecule has 0 unspecified atom stereocenters. The van der Waals surface area contributed by atoms with Gasteiger partial charge >= 0.3 is 0 Å². The van der Waals surface area contributed by atoms with Crippen LogP contribution in [0.3, 0.4) is 0 Å². The van der Waals surface area contributed by atoms with E-state index in [4.69, 9.17) is 4.74 Å². The second-order valence-corrected chi connectivity index (χ2v) is 4.25. The number of hydrogen-bond donors (Lipinski definition) is 1. The summed E-state index contributed by atoms with van der Waals surface area (Å²) in [7, 11) is 4.06. The molecule has 1 heterocycles. The van der Waals surface area contributed by atoms with Crippen LogP contribution in [-0.4, -0.2) is 40.4 Å². The molecule has 0 atom stereocenters. The quantitative estimate of drug-likeness (QED) is 0.687. The van der Waals surface area contributed by atoms with Crippen molar-refractivity contribution < 1.29 is 4.74 Å². The predicted molar refractivity (Wildman–Crippen MR) is 67.0 cm³/mol. The molecule has 0 bridgehead atoms. The Bertz CT molecular complexity index is 239. The van der Waals surface area contributed by atoms with Gasteiger partial charge in [-0.1, -0.05) is 0 Å². The Labute approximate surface area is 96.0 Å². The first kappa shape index (κ1) is 12.5. The van der Waals surface area contributed by atoms with Gasteiger partial charge in [0, 0.05) is 31.3 Å². The van der Waals surface area contributed by atoms with Gasteiger partial charge in [0.15, 0.2) is 0 Å². The van der Waals surface area contributed by atoms with Gasteiger partial charge in [-0.25, -0.2) is 0 Å². The molecule has 1 rings (SSSR count). The van der Waals surface area contributed by atoms with Gasteiger partial charge in [0.1, 0.15) is 0 Å². The summed E-state index contributed by atoms with van der Waals surface area (Å²) in [5.74, 6) is 0. The van der Waals surface area contributed by atoms with Crippen LogP contribution >= 0.6 is 11.3 Å². The van der Waals surface area contributed by atoms with Crippen LogP contribution in [0.4, 0.5) is 5.69 Å². The zero-order chi connectivity index (χ0) is 10.9. The number of anilines is 1. The summed E-state index contributed by atoms with van der Waals surface area (Å²) in [6.07, 6.45) is 1.08. The highest BCUT2D eigenvalue weighted by molar-refractivity contribution is 7.08. The van der Waals surface area contributed by atoms with Crippen molar-refractivity contribution in [3.63, 3.8) is 0 Å². The summed E-state index contributed by atoms with van der Waals surface area (Å²) in [4.78, 5) is 2.22. The molecular formula is C11H20N2OS. The average molecular weight is 228 g/mol. The molecular weight excluding hydrogens is 208 g/mol. The Morgan fingerprint density at radius 2 is 2.33 bits per heavy atom. The van der Waals surface area contributed by atoms with Crippen molar-refractivity contribution >= 4 is 17.0 Å². The highest BCUT2D eigenvalue weighted by atomic mass is 32.1. The predicted octanol–water partition coefficient (Wildman–Crippen LogP) is 1.81. The molecule has 1 N–H and O–H groups in total. The molecule has 0 aromatic carbocycles. The summed E-state index contributed by atoms with van der Waals surface area (Å²) in [6, 6.07) is 2.13. The molecule has 0 saturated heterocycles. The molecule has 0 aliphatic heterocycles. The van der Waals surface area contributed by atoms with Gasteiger partial charge in [0.25, 0.3) is 0 Å². The van der Waals surface area contributed by atoms with Crippen molar-refractivity contribution in [3.8, 4) is 0 Å². The highest BCUT2D eigenvalue weighted by Crippen LogP contribution is 2.15. The lowest BCUT2D eigenvalue weighted by molar-refractivity contribution is 0.138. The van der Waals surface area contributed by atoms with E-state index >= 15 is 0 Å². The smallest absolute Gasteiger partial charge is 0.0641 e. The third-order valence-electron chi connectivity index (χ3n) is 2.23. The summed E-state index contributed by atoms with van der Waals surface area (Å²) >= 11 is 1.73. The molecule has 0 aliphatic carbocycles. The number of likely N-dealkylation sites (N-methyl/N-ethyl adjacent to an activating group) is 1. The monoisotopic (exact) mass is 228 g/mol. The zero-order valence-electron chi connectivity index (χ0n) is 9.53. The number of rotatable bonds is 8. The maximum absolute atomic E-state index is 5.53. The van der Waals surface area contributed by atoms with E-state index in [1.807, 2.05) is 7.05 Å². The van der Waals surface area contributed by atoms with Gasteiger partial charge < -0.3 is 15.0 Å². The fourth-order valence-electron chi connectivity index (χ4n) is 1.26. The van der Waals surface area contributed by atoms with E-state index in [-0.39, 0.29) is 0 Å². The first-order chi connectivity index (χ1) is 7.34.